The molecule has 0 saturated heterocycles. The normalized spacial score (nSPS) is 11.8. The molecule has 0 aliphatic carbocycles. The zero-order valence-electron chi connectivity index (χ0n) is 13.7. The van der Waals surface area contributed by atoms with E-state index in [4.69, 9.17) is 15.2 Å². The first-order valence-electron chi connectivity index (χ1n) is 7.21. The number of benzene rings is 1. The lowest BCUT2D eigenvalue weighted by molar-refractivity contribution is -0.146. The maximum absolute atomic E-state index is 11.7. The molecule has 1 aromatic rings. The summed E-state index contributed by atoms with van der Waals surface area (Å²) >= 11 is 0. The smallest absolute Gasteiger partial charge is 0.407 e. The number of carbonyl (C=O) groups is 2. The summed E-state index contributed by atoms with van der Waals surface area (Å²) in [5.74, 6) is -0.491. The highest BCUT2D eigenvalue weighted by Gasteiger charge is 2.18. The molecule has 1 aromatic carbocycles. The number of esters is 1. The first-order chi connectivity index (χ1) is 10.3. The topological polar surface area (TPSA) is 90.6 Å². The summed E-state index contributed by atoms with van der Waals surface area (Å²) < 4.78 is 10.2. The minimum Gasteiger partial charge on any atom is -0.460 e. The van der Waals surface area contributed by atoms with Gasteiger partial charge in [-0.3, -0.25) is 4.79 Å². The number of amides is 1. The lowest BCUT2D eigenvalue weighted by atomic mass is 10.2. The van der Waals surface area contributed by atoms with Gasteiger partial charge < -0.3 is 20.5 Å². The molecule has 3 N–H and O–H groups in total. The Labute approximate surface area is 143 Å². The number of ether oxygens (including phenoxy) is 2. The quantitative estimate of drug-likeness (QED) is 0.773. The third kappa shape index (κ3) is 9.76. The van der Waals surface area contributed by atoms with Gasteiger partial charge in [0.25, 0.3) is 0 Å². The summed E-state index contributed by atoms with van der Waals surface area (Å²) in [5, 5.41) is 2.55. The van der Waals surface area contributed by atoms with Gasteiger partial charge >= 0.3 is 12.1 Å². The van der Waals surface area contributed by atoms with E-state index in [0.717, 1.165) is 5.56 Å². The molecule has 1 rings (SSSR count). The van der Waals surface area contributed by atoms with Crippen molar-refractivity contribution in [2.45, 2.75) is 45.4 Å². The molecule has 0 heterocycles. The monoisotopic (exact) mass is 344 g/mol. The van der Waals surface area contributed by atoms with Crippen LogP contribution in [0, 0.1) is 0 Å². The van der Waals surface area contributed by atoms with E-state index >= 15 is 0 Å². The minimum absolute atomic E-state index is 0. The van der Waals surface area contributed by atoms with Crippen LogP contribution in [0.4, 0.5) is 4.79 Å². The summed E-state index contributed by atoms with van der Waals surface area (Å²) in [7, 11) is 0. The van der Waals surface area contributed by atoms with E-state index in [0.29, 0.717) is 0 Å². The van der Waals surface area contributed by atoms with Gasteiger partial charge in [0, 0.05) is 6.54 Å². The lowest BCUT2D eigenvalue weighted by Crippen LogP contribution is -2.38. The van der Waals surface area contributed by atoms with Gasteiger partial charge in [0.1, 0.15) is 18.2 Å². The number of alkyl carbamates (subject to hydrolysis) is 1. The molecule has 0 radical (unpaired) electrons. The van der Waals surface area contributed by atoms with Crippen molar-refractivity contribution < 1.29 is 19.1 Å². The van der Waals surface area contributed by atoms with Gasteiger partial charge in [-0.2, -0.15) is 0 Å². The predicted molar refractivity (Wildman–Crippen MR) is 90.3 cm³/mol. The van der Waals surface area contributed by atoms with Crippen LogP contribution in [-0.2, 0) is 20.9 Å². The predicted octanol–water partition coefficient (Wildman–Crippen LogP) is 2.39. The molecular formula is C16H25ClN2O4. The number of halogens is 1. The summed E-state index contributed by atoms with van der Waals surface area (Å²) in [4.78, 5) is 23.2. The van der Waals surface area contributed by atoms with E-state index in [1.165, 1.54) is 0 Å². The Morgan fingerprint density at radius 3 is 2.39 bits per heavy atom. The highest BCUT2D eigenvalue weighted by atomic mass is 35.5. The molecular weight excluding hydrogens is 320 g/mol. The molecule has 7 heteroatoms. The fourth-order valence-corrected chi connectivity index (χ4v) is 1.60. The van der Waals surface area contributed by atoms with Crippen LogP contribution in [0.25, 0.3) is 0 Å². The molecule has 1 atom stereocenters. The van der Waals surface area contributed by atoms with Crippen molar-refractivity contribution in [2.24, 2.45) is 5.73 Å². The Morgan fingerprint density at radius 1 is 1.22 bits per heavy atom. The SMILES string of the molecule is CC(C)(C)OC(=O)NCCC(N)C(=O)OCc1ccccc1.Cl. The Hall–Kier alpha value is -1.79. The molecule has 1 amide bonds. The minimum atomic E-state index is -0.779. The number of hydrogen-bond donors (Lipinski definition) is 2. The van der Waals surface area contributed by atoms with Crippen molar-refractivity contribution in [2.75, 3.05) is 6.54 Å². The van der Waals surface area contributed by atoms with Gasteiger partial charge in [0.05, 0.1) is 0 Å². The summed E-state index contributed by atoms with van der Waals surface area (Å²) in [6.45, 7) is 5.77. The zero-order chi connectivity index (χ0) is 16.6. The summed E-state index contributed by atoms with van der Waals surface area (Å²) in [5.41, 5.74) is 6.07. The van der Waals surface area contributed by atoms with Crippen molar-refractivity contribution in [3.8, 4) is 0 Å². The van der Waals surface area contributed by atoms with Crippen LogP contribution in [0.3, 0.4) is 0 Å². The van der Waals surface area contributed by atoms with Crippen molar-refractivity contribution in [3.63, 3.8) is 0 Å². The van der Waals surface area contributed by atoms with Crippen LogP contribution in [0.1, 0.15) is 32.8 Å². The third-order valence-corrected chi connectivity index (χ3v) is 2.65. The second kappa shape index (κ2) is 10.1. The Balaban J connectivity index is 0.00000484. The fourth-order valence-electron chi connectivity index (χ4n) is 1.60. The van der Waals surface area contributed by atoms with Gasteiger partial charge in [-0.15, -0.1) is 12.4 Å². The van der Waals surface area contributed by atoms with E-state index < -0.39 is 23.7 Å². The Kier molecular flexibility index (Phi) is 9.29. The Morgan fingerprint density at radius 2 is 1.83 bits per heavy atom. The lowest BCUT2D eigenvalue weighted by Gasteiger charge is -2.20. The van der Waals surface area contributed by atoms with Crippen LogP contribution >= 0.6 is 12.4 Å². The van der Waals surface area contributed by atoms with Crippen molar-refractivity contribution in [1.29, 1.82) is 0 Å². The van der Waals surface area contributed by atoms with Crippen LogP contribution < -0.4 is 11.1 Å². The van der Waals surface area contributed by atoms with Gasteiger partial charge in [-0.05, 0) is 32.8 Å². The van der Waals surface area contributed by atoms with Gasteiger partial charge in [-0.1, -0.05) is 30.3 Å². The highest BCUT2D eigenvalue weighted by molar-refractivity contribution is 5.85. The van der Waals surface area contributed by atoms with Crippen LogP contribution in [-0.4, -0.2) is 30.3 Å². The molecule has 0 fully saturated rings. The first kappa shape index (κ1) is 21.2. The van der Waals surface area contributed by atoms with Crippen LogP contribution in [0.5, 0.6) is 0 Å². The molecule has 0 aliphatic rings. The molecule has 1 unspecified atom stereocenters. The Bertz CT molecular complexity index is 489. The van der Waals surface area contributed by atoms with Crippen molar-refractivity contribution >= 4 is 24.5 Å². The van der Waals surface area contributed by atoms with Gasteiger partial charge in [-0.25, -0.2) is 4.79 Å². The van der Waals surface area contributed by atoms with E-state index in [1.54, 1.807) is 20.8 Å². The molecule has 130 valence electrons. The molecule has 23 heavy (non-hydrogen) atoms. The maximum atomic E-state index is 11.7. The van der Waals surface area contributed by atoms with E-state index in [2.05, 4.69) is 5.32 Å². The highest BCUT2D eigenvalue weighted by Crippen LogP contribution is 2.06. The number of carbonyl (C=O) groups excluding carboxylic acids is 2. The van der Waals surface area contributed by atoms with E-state index in [9.17, 15) is 9.59 Å². The number of nitrogens with one attached hydrogen (secondary N) is 1. The summed E-state index contributed by atoms with van der Waals surface area (Å²) in [6, 6.07) is 8.57. The molecule has 0 bridgehead atoms. The summed E-state index contributed by atoms with van der Waals surface area (Å²) in [6.07, 6.45) is -0.246. The average Bonchev–Trinajstić information content (AvgIpc) is 2.43. The molecule has 0 saturated carbocycles. The number of rotatable bonds is 6. The van der Waals surface area contributed by atoms with Crippen molar-refractivity contribution in [1.82, 2.24) is 5.32 Å². The molecule has 6 nitrogen and oxygen atoms in total. The van der Waals surface area contributed by atoms with Crippen LogP contribution in [0.15, 0.2) is 30.3 Å². The first-order valence-corrected chi connectivity index (χ1v) is 7.21. The van der Waals surface area contributed by atoms with Gasteiger partial charge in [0.2, 0.25) is 0 Å². The van der Waals surface area contributed by atoms with E-state index in [1.807, 2.05) is 30.3 Å². The van der Waals surface area contributed by atoms with E-state index in [-0.39, 0.29) is 32.0 Å². The third-order valence-electron chi connectivity index (χ3n) is 2.65. The maximum Gasteiger partial charge on any atom is 0.407 e. The second-order valence-electron chi connectivity index (χ2n) is 5.92. The number of hydrogen-bond acceptors (Lipinski definition) is 5. The molecule has 0 aromatic heterocycles. The number of nitrogens with two attached hydrogens (primary N) is 1. The van der Waals surface area contributed by atoms with Gasteiger partial charge in [0.15, 0.2) is 0 Å². The average molecular weight is 345 g/mol. The molecule has 0 spiro atoms. The standard InChI is InChI=1S/C16H24N2O4.ClH/c1-16(2,3)22-15(20)18-10-9-13(17)14(19)21-11-12-7-5-4-6-8-12;/h4-8,13H,9-11,17H2,1-3H3,(H,18,20);1H. The van der Waals surface area contributed by atoms with Crippen molar-refractivity contribution in [3.05, 3.63) is 35.9 Å². The zero-order valence-corrected chi connectivity index (χ0v) is 14.5. The molecule has 0 aliphatic heterocycles. The fraction of sp³-hybridized carbons (Fsp3) is 0.500. The van der Waals surface area contributed by atoms with Crippen LogP contribution in [0.2, 0.25) is 0 Å². The second-order valence-corrected chi connectivity index (χ2v) is 5.92. The largest absolute Gasteiger partial charge is 0.460 e.